The smallest absolute Gasteiger partial charge is 0.255 e. The highest BCUT2D eigenvalue weighted by Crippen LogP contribution is 2.40. The molecule has 1 saturated carbocycles. The van der Waals surface area contributed by atoms with Gasteiger partial charge in [0.25, 0.3) is 5.91 Å². The van der Waals surface area contributed by atoms with Crippen LogP contribution in [-0.2, 0) is 0 Å². The van der Waals surface area contributed by atoms with Crippen LogP contribution in [-0.4, -0.2) is 39.6 Å². The molecule has 2 aliphatic rings. The fraction of sp³-hybridized carbons (Fsp3) is 0.647. The summed E-state index contributed by atoms with van der Waals surface area (Å²) in [6.07, 6.45) is 4.92. The molecule has 4 heteroatoms. The summed E-state index contributed by atoms with van der Waals surface area (Å²) < 4.78 is 0. The number of hydrogen-bond donors (Lipinski definition) is 1. The van der Waals surface area contributed by atoms with E-state index in [9.17, 15) is 9.90 Å². The van der Waals surface area contributed by atoms with Crippen LogP contribution in [0.5, 0.6) is 0 Å². The maximum absolute atomic E-state index is 12.7. The number of carbonyl (C=O) groups excluding carboxylic acids is 1. The molecular formula is C17H24N2O2. The summed E-state index contributed by atoms with van der Waals surface area (Å²) in [5.41, 5.74) is 1.89. The average molecular weight is 288 g/mol. The van der Waals surface area contributed by atoms with Crippen molar-refractivity contribution in [2.45, 2.75) is 51.6 Å². The van der Waals surface area contributed by atoms with Crippen LogP contribution in [0, 0.1) is 19.8 Å². The number of fused-ring (bicyclic) bond motifs is 1. The number of piperidine rings is 1. The lowest BCUT2D eigenvalue weighted by Crippen LogP contribution is -2.54. The second-order valence-corrected chi connectivity index (χ2v) is 6.63. The van der Waals surface area contributed by atoms with Crippen LogP contribution in [0.25, 0.3) is 0 Å². The van der Waals surface area contributed by atoms with Gasteiger partial charge in [0.05, 0.1) is 16.9 Å². The Morgan fingerprint density at radius 1 is 1.33 bits per heavy atom. The summed E-state index contributed by atoms with van der Waals surface area (Å²) in [4.78, 5) is 19.0. The summed E-state index contributed by atoms with van der Waals surface area (Å²) in [6.45, 7) is 5.16. The van der Waals surface area contributed by atoms with Gasteiger partial charge >= 0.3 is 0 Å². The number of aromatic nitrogens is 1. The van der Waals surface area contributed by atoms with Crippen molar-refractivity contribution >= 4 is 5.91 Å². The molecule has 2 fully saturated rings. The zero-order valence-corrected chi connectivity index (χ0v) is 12.9. The van der Waals surface area contributed by atoms with Crippen molar-refractivity contribution in [3.63, 3.8) is 0 Å². The van der Waals surface area contributed by atoms with Crippen LogP contribution >= 0.6 is 0 Å². The van der Waals surface area contributed by atoms with E-state index in [1.165, 1.54) is 6.42 Å². The third-order valence-corrected chi connectivity index (χ3v) is 5.17. The van der Waals surface area contributed by atoms with Gasteiger partial charge < -0.3 is 10.0 Å². The molecule has 1 saturated heterocycles. The molecule has 21 heavy (non-hydrogen) atoms. The SMILES string of the molecule is Cc1ccc(C(=O)N2CCC3(O)CCCCC3C2)c(C)n1. The van der Waals surface area contributed by atoms with Gasteiger partial charge in [0.1, 0.15) is 0 Å². The molecule has 114 valence electrons. The molecule has 2 atom stereocenters. The van der Waals surface area contributed by atoms with E-state index < -0.39 is 5.60 Å². The number of carbonyl (C=O) groups is 1. The van der Waals surface area contributed by atoms with Gasteiger partial charge in [0.2, 0.25) is 0 Å². The Morgan fingerprint density at radius 2 is 2.14 bits per heavy atom. The number of amides is 1. The molecule has 2 unspecified atom stereocenters. The van der Waals surface area contributed by atoms with E-state index in [2.05, 4.69) is 4.98 Å². The Kier molecular flexibility index (Phi) is 3.74. The van der Waals surface area contributed by atoms with Gasteiger partial charge in [-0.25, -0.2) is 0 Å². The van der Waals surface area contributed by atoms with Crippen molar-refractivity contribution in [2.24, 2.45) is 5.92 Å². The van der Waals surface area contributed by atoms with Crippen molar-refractivity contribution in [2.75, 3.05) is 13.1 Å². The van der Waals surface area contributed by atoms with E-state index in [1.54, 1.807) is 0 Å². The van der Waals surface area contributed by atoms with Gasteiger partial charge in [-0.1, -0.05) is 12.8 Å². The quantitative estimate of drug-likeness (QED) is 0.863. The largest absolute Gasteiger partial charge is 0.389 e. The van der Waals surface area contributed by atoms with Crippen molar-refractivity contribution in [1.29, 1.82) is 0 Å². The zero-order chi connectivity index (χ0) is 15.0. The molecule has 1 aliphatic heterocycles. The predicted octanol–water partition coefficient (Wildman–Crippen LogP) is 2.47. The molecule has 3 rings (SSSR count). The Bertz CT molecular complexity index is 558. The second-order valence-electron chi connectivity index (χ2n) is 6.63. The minimum absolute atomic E-state index is 0.0626. The highest BCUT2D eigenvalue weighted by Gasteiger charge is 2.43. The Balaban J connectivity index is 1.77. The first kappa shape index (κ1) is 14.5. The minimum Gasteiger partial charge on any atom is -0.389 e. The van der Waals surface area contributed by atoms with Crippen LogP contribution in [0.2, 0.25) is 0 Å². The zero-order valence-electron chi connectivity index (χ0n) is 12.9. The lowest BCUT2D eigenvalue weighted by Gasteiger charge is -2.47. The summed E-state index contributed by atoms with van der Waals surface area (Å²) in [7, 11) is 0. The first-order valence-corrected chi connectivity index (χ1v) is 7.95. The fourth-order valence-electron chi connectivity index (χ4n) is 3.84. The third kappa shape index (κ3) is 2.69. The number of nitrogens with zero attached hydrogens (tertiary/aromatic N) is 2. The molecular weight excluding hydrogens is 264 g/mol. The van der Waals surface area contributed by atoms with Crippen molar-refractivity contribution < 1.29 is 9.90 Å². The molecule has 1 aromatic rings. The first-order valence-electron chi connectivity index (χ1n) is 7.95. The van der Waals surface area contributed by atoms with Crippen LogP contribution in [0.1, 0.15) is 53.8 Å². The molecule has 1 aromatic heterocycles. The number of rotatable bonds is 1. The predicted molar refractivity (Wildman–Crippen MR) is 81.1 cm³/mol. The number of aliphatic hydroxyl groups is 1. The molecule has 4 nitrogen and oxygen atoms in total. The van der Waals surface area contributed by atoms with Crippen LogP contribution in [0.3, 0.4) is 0 Å². The maximum Gasteiger partial charge on any atom is 0.255 e. The third-order valence-electron chi connectivity index (χ3n) is 5.17. The minimum atomic E-state index is -0.532. The van der Waals surface area contributed by atoms with Gasteiger partial charge in [-0.3, -0.25) is 9.78 Å². The summed E-state index contributed by atoms with van der Waals surface area (Å²) in [6, 6.07) is 3.77. The van der Waals surface area contributed by atoms with Gasteiger partial charge in [-0.05, 0) is 45.2 Å². The molecule has 0 aromatic carbocycles. The van der Waals surface area contributed by atoms with E-state index in [0.717, 1.165) is 30.7 Å². The number of pyridine rings is 1. The Labute approximate surface area is 126 Å². The number of aryl methyl sites for hydroxylation is 2. The Hall–Kier alpha value is -1.42. The van der Waals surface area contributed by atoms with E-state index in [4.69, 9.17) is 0 Å². The topological polar surface area (TPSA) is 53.4 Å². The highest BCUT2D eigenvalue weighted by atomic mass is 16.3. The molecule has 1 aliphatic carbocycles. The molecule has 0 radical (unpaired) electrons. The summed E-state index contributed by atoms with van der Waals surface area (Å²) in [5.74, 6) is 0.301. The summed E-state index contributed by atoms with van der Waals surface area (Å²) in [5, 5.41) is 10.7. The second kappa shape index (κ2) is 5.41. The summed E-state index contributed by atoms with van der Waals surface area (Å²) >= 11 is 0. The maximum atomic E-state index is 12.7. The average Bonchev–Trinajstić information content (AvgIpc) is 2.45. The van der Waals surface area contributed by atoms with E-state index >= 15 is 0 Å². The molecule has 1 N–H and O–H groups in total. The van der Waals surface area contributed by atoms with Crippen molar-refractivity contribution in [3.05, 3.63) is 29.1 Å². The molecule has 1 amide bonds. The van der Waals surface area contributed by atoms with Crippen LogP contribution < -0.4 is 0 Å². The molecule has 2 heterocycles. The van der Waals surface area contributed by atoms with E-state index in [1.807, 2.05) is 30.9 Å². The lowest BCUT2D eigenvalue weighted by molar-refractivity contribution is -0.0886. The van der Waals surface area contributed by atoms with Crippen LogP contribution in [0.15, 0.2) is 12.1 Å². The van der Waals surface area contributed by atoms with Gasteiger partial charge in [0.15, 0.2) is 0 Å². The normalized spacial score (nSPS) is 29.1. The van der Waals surface area contributed by atoms with Gasteiger partial charge in [-0.15, -0.1) is 0 Å². The molecule has 0 spiro atoms. The lowest BCUT2D eigenvalue weighted by atomic mass is 9.71. The number of likely N-dealkylation sites (tertiary alicyclic amines) is 1. The fourth-order valence-corrected chi connectivity index (χ4v) is 3.84. The number of hydrogen-bond acceptors (Lipinski definition) is 3. The highest BCUT2D eigenvalue weighted by molar-refractivity contribution is 5.95. The molecule has 0 bridgehead atoms. The van der Waals surface area contributed by atoms with Crippen molar-refractivity contribution in [3.8, 4) is 0 Å². The first-order chi connectivity index (χ1) is 9.99. The standard InChI is InChI=1S/C17H24N2O2/c1-12-6-7-15(13(2)18-12)16(20)19-10-9-17(21)8-4-3-5-14(17)11-19/h6-7,14,21H,3-5,8-11H2,1-2H3. The van der Waals surface area contributed by atoms with Gasteiger partial charge in [-0.2, -0.15) is 0 Å². The van der Waals surface area contributed by atoms with Gasteiger partial charge in [0, 0.05) is 24.7 Å². The van der Waals surface area contributed by atoms with Crippen molar-refractivity contribution in [1.82, 2.24) is 9.88 Å². The van der Waals surface area contributed by atoms with E-state index in [-0.39, 0.29) is 11.8 Å². The van der Waals surface area contributed by atoms with E-state index in [0.29, 0.717) is 25.1 Å². The van der Waals surface area contributed by atoms with Crippen LogP contribution in [0.4, 0.5) is 0 Å². The Morgan fingerprint density at radius 3 is 2.90 bits per heavy atom. The monoisotopic (exact) mass is 288 g/mol.